The Morgan fingerprint density at radius 1 is 0.921 bits per heavy atom. The van der Waals surface area contributed by atoms with Crippen LogP contribution in [0, 0.1) is 0 Å². The lowest BCUT2D eigenvalue weighted by molar-refractivity contribution is -0.123. The maximum atomic E-state index is 14.1. The van der Waals surface area contributed by atoms with Gasteiger partial charge in [0, 0.05) is 11.7 Å². The standard InChI is InChI=1S/C30H36N2O6/c1-19(2)20-12-14-23(15-13-20)32(30(34)24-11-8-16-38-24)27(29(33)31-22-9-6-7-10-22)21-17-25(35-3)28(37-5)26(18-21)36-4/h8,11-19,22,27H,6-7,9-10H2,1-5H3,(H,31,33)/t27-/m0/s1. The average molecular weight is 521 g/mol. The van der Waals surface area contributed by atoms with Gasteiger partial charge in [-0.15, -0.1) is 0 Å². The van der Waals surface area contributed by atoms with E-state index in [1.165, 1.54) is 32.5 Å². The van der Waals surface area contributed by atoms with E-state index in [1.54, 1.807) is 24.3 Å². The summed E-state index contributed by atoms with van der Waals surface area (Å²) in [6.07, 6.45) is 5.38. The molecule has 1 atom stereocenters. The van der Waals surface area contributed by atoms with E-state index < -0.39 is 11.9 Å². The molecule has 0 spiro atoms. The van der Waals surface area contributed by atoms with Crippen LogP contribution >= 0.6 is 0 Å². The van der Waals surface area contributed by atoms with E-state index in [1.807, 2.05) is 24.3 Å². The Morgan fingerprint density at radius 3 is 2.05 bits per heavy atom. The van der Waals surface area contributed by atoms with Gasteiger partial charge in [-0.05, 0) is 66.3 Å². The third-order valence-electron chi connectivity index (χ3n) is 7.00. The van der Waals surface area contributed by atoms with Gasteiger partial charge >= 0.3 is 0 Å². The predicted molar refractivity (Wildman–Crippen MR) is 145 cm³/mol. The van der Waals surface area contributed by atoms with Crippen LogP contribution in [0.4, 0.5) is 5.69 Å². The second kappa shape index (κ2) is 12.1. The highest BCUT2D eigenvalue weighted by molar-refractivity contribution is 6.08. The third kappa shape index (κ3) is 5.64. The van der Waals surface area contributed by atoms with Crippen LogP contribution in [-0.4, -0.2) is 39.2 Å². The van der Waals surface area contributed by atoms with Crippen molar-refractivity contribution in [1.82, 2.24) is 5.32 Å². The van der Waals surface area contributed by atoms with Crippen LogP contribution in [0.2, 0.25) is 0 Å². The molecule has 1 aromatic heterocycles. The highest BCUT2D eigenvalue weighted by Crippen LogP contribution is 2.42. The highest BCUT2D eigenvalue weighted by atomic mass is 16.5. The second-order valence-electron chi connectivity index (χ2n) is 9.75. The first kappa shape index (κ1) is 27.1. The highest BCUT2D eigenvalue weighted by Gasteiger charge is 2.37. The largest absolute Gasteiger partial charge is 0.493 e. The quantitative estimate of drug-likeness (QED) is 0.359. The van der Waals surface area contributed by atoms with E-state index in [-0.39, 0.29) is 17.7 Å². The maximum absolute atomic E-state index is 14.1. The van der Waals surface area contributed by atoms with Crippen LogP contribution < -0.4 is 24.4 Å². The van der Waals surface area contributed by atoms with Gasteiger partial charge < -0.3 is 23.9 Å². The molecule has 1 fully saturated rings. The zero-order chi connectivity index (χ0) is 27.2. The molecule has 2 amide bonds. The van der Waals surface area contributed by atoms with Crippen molar-refractivity contribution in [1.29, 1.82) is 0 Å². The normalized spacial score (nSPS) is 14.3. The van der Waals surface area contributed by atoms with E-state index >= 15 is 0 Å². The number of hydrogen-bond acceptors (Lipinski definition) is 6. The van der Waals surface area contributed by atoms with Gasteiger partial charge in [0.25, 0.3) is 5.91 Å². The molecule has 0 bridgehead atoms. The summed E-state index contributed by atoms with van der Waals surface area (Å²) in [5.74, 6) is 0.895. The Balaban J connectivity index is 1.90. The number of methoxy groups -OCH3 is 3. The Kier molecular flexibility index (Phi) is 8.61. The van der Waals surface area contributed by atoms with Crippen molar-refractivity contribution in [2.45, 2.75) is 57.5 Å². The summed E-state index contributed by atoms with van der Waals surface area (Å²) in [6.45, 7) is 4.21. The molecule has 8 nitrogen and oxygen atoms in total. The molecule has 8 heteroatoms. The average Bonchev–Trinajstić information content (AvgIpc) is 3.65. The summed E-state index contributed by atoms with van der Waals surface area (Å²) in [5, 5.41) is 3.18. The summed E-state index contributed by atoms with van der Waals surface area (Å²) < 4.78 is 22.2. The van der Waals surface area contributed by atoms with Gasteiger partial charge in [-0.1, -0.05) is 38.8 Å². The maximum Gasteiger partial charge on any atom is 0.294 e. The fraction of sp³-hybridized carbons (Fsp3) is 0.400. The first-order chi connectivity index (χ1) is 18.4. The molecule has 0 unspecified atom stereocenters. The van der Waals surface area contributed by atoms with Gasteiger partial charge in [-0.2, -0.15) is 0 Å². The predicted octanol–water partition coefficient (Wildman–Crippen LogP) is 5.88. The van der Waals surface area contributed by atoms with Gasteiger partial charge in [-0.3, -0.25) is 14.5 Å². The van der Waals surface area contributed by atoms with Crippen LogP contribution in [0.25, 0.3) is 0 Å². The zero-order valence-corrected chi connectivity index (χ0v) is 22.7. The molecule has 1 aliphatic rings. The summed E-state index contributed by atoms with van der Waals surface area (Å²) in [4.78, 5) is 29.5. The number of rotatable bonds is 10. The molecule has 2 aromatic carbocycles. The molecule has 202 valence electrons. The zero-order valence-electron chi connectivity index (χ0n) is 22.7. The van der Waals surface area contributed by atoms with Crippen LogP contribution in [0.1, 0.15) is 73.2 Å². The Hall–Kier alpha value is -3.94. The lowest BCUT2D eigenvalue weighted by Crippen LogP contribution is -2.46. The number of amides is 2. The number of nitrogens with one attached hydrogen (secondary N) is 1. The van der Waals surface area contributed by atoms with Crippen molar-refractivity contribution >= 4 is 17.5 Å². The number of nitrogens with zero attached hydrogens (tertiary/aromatic N) is 1. The smallest absolute Gasteiger partial charge is 0.294 e. The minimum Gasteiger partial charge on any atom is -0.493 e. The number of furan rings is 1. The summed E-state index contributed by atoms with van der Waals surface area (Å²) >= 11 is 0. The van der Waals surface area contributed by atoms with Gasteiger partial charge in [-0.25, -0.2) is 0 Å². The summed E-state index contributed by atoms with van der Waals surface area (Å²) in [5.41, 5.74) is 2.21. The second-order valence-corrected chi connectivity index (χ2v) is 9.75. The molecule has 1 saturated carbocycles. The number of ether oxygens (including phenoxy) is 3. The van der Waals surface area contributed by atoms with Crippen molar-refractivity contribution < 1.29 is 28.2 Å². The first-order valence-corrected chi connectivity index (χ1v) is 12.9. The van der Waals surface area contributed by atoms with Crippen molar-refractivity contribution in [2.24, 2.45) is 0 Å². The lowest BCUT2D eigenvalue weighted by atomic mass is 9.99. The van der Waals surface area contributed by atoms with Gasteiger partial charge in [0.2, 0.25) is 11.7 Å². The number of carbonyl (C=O) groups is 2. The molecule has 0 radical (unpaired) electrons. The Labute approximate surface area is 223 Å². The number of benzene rings is 2. The topological polar surface area (TPSA) is 90.2 Å². The third-order valence-corrected chi connectivity index (χ3v) is 7.00. The molecular formula is C30H36N2O6. The molecular weight excluding hydrogens is 484 g/mol. The summed E-state index contributed by atoms with van der Waals surface area (Å²) in [7, 11) is 4.56. The molecule has 0 aliphatic heterocycles. The molecule has 4 rings (SSSR count). The van der Waals surface area contributed by atoms with E-state index in [0.717, 1.165) is 31.2 Å². The van der Waals surface area contributed by atoms with Crippen LogP contribution in [0.15, 0.2) is 59.2 Å². The van der Waals surface area contributed by atoms with E-state index in [9.17, 15) is 9.59 Å². The van der Waals surface area contributed by atoms with E-state index in [4.69, 9.17) is 18.6 Å². The Bertz CT molecular complexity index is 1210. The van der Waals surface area contributed by atoms with E-state index in [2.05, 4.69) is 19.2 Å². The number of carbonyl (C=O) groups excluding carboxylic acids is 2. The minimum atomic E-state index is -1.04. The fourth-order valence-corrected chi connectivity index (χ4v) is 4.95. The van der Waals surface area contributed by atoms with Crippen molar-refractivity contribution in [2.75, 3.05) is 26.2 Å². The fourth-order valence-electron chi connectivity index (χ4n) is 4.95. The lowest BCUT2D eigenvalue weighted by Gasteiger charge is -2.32. The van der Waals surface area contributed by atoms with Crippen LogP contribution in [-0.2, 0) is 4.79 Å². The summed E-state index contributed by atoms with van der Waals surface area (Å²) in [6, 6.07) is 13.4. The molecule has 0 saturated heterocycles. The SMILES string of the molecule is COc1cc([C@@H](C(=O)NC2CCCC2)N(C(=O)c2ccco2)c2ccc(C(C)C)cc2)cc(OC)c1OC. The molecule has 1 heterocycles. The number of anilines is 1. The minimum absolute atomic E-state index is 0.0518. The first-order valence-electron chi connectivity index (χ1n) is 12.9. The Morgan fingerprint density at radius 2 is 1.55 bits per heavy atom. The van der Waals surface area contributed by atoms with Gasteiger partial charge in [0.05, 0.1) is 27.6 Å². The number of hydrogen-bond donors (Lipinski definition) is 1. The molecule has 1 N–H and O–H groups in total. The molecule has 38 heavy (non-hydrogen) atoms. The molecule has 3 aromatic rings. The van der Waals surface area contributed by atoms with Crippen molar-refractivity contribution in [3.8, 4) is 17.2 Å². The van der Waals surface area contributed by atoms with Gasteiger partial charge in [0.1, 0.15) is 6.04 Å². The molecule has 1 aliphatic carbocycles. The van der Waals surface area contributed by atoms with Crippen molar-refractivity contribution in [3.05, 3.63) is 71.7 Å². The monoisotopic (exact) mass is 520 g/mol. The van der Waals surface area contributed by atoms with Gasteiger partial charge in [0.15, 0.2) is 17.3 Å². The van der Waals surface area contributed by atoms with Crippen molar-refractivity contribution in [3.63, 3.8) is 0 Å². The van der Waals surface area contributed by atoms with Crippen LogP contribution in [0.5, 0.6) is 17.2 Å². The van der Waals surface area contributed by atoms with E-state index in [0.29, 0.717) is 34.4 Å². The van der Waals surface area contributed by atoms with Crippen LogP contribution in [0.3, 0.4) is 0 Å².